The molecule has 4 heteroatoms. The number of hydrogen-bond acceptors (Lipinski definition) is 2. The van der Waals surface area contributed by atoms with Crippen molar-refractivity contribution in [1.82, 2.24) is 15.1 Å². The van der Waals surface area contributed by atoms with E-state index in [0.29, 0.717) is 5.92 Å². The molecule has 1 aromatic heterocycles. The van der Waals surface area contributed by atoms with Crippen molar-refractivity contribution in [2.75, 3.05) is 13.1 Å². The molecule has 0 unspecified atom stereocenters. The van der Waals surface area contributed by atoms with Crippen molar-refractivity contribution in [1.29, 1.82) is 0 Å². The fourth-order valence-electron chi connectivity index (χ4n) is 2.53. The Morgan fingerprint density at radius 2 is 2.11 bits per heavy atom. The number of piperidine rings is 1. The average Bonchev–Trinajstić information content (AvgIpc) is 2.93. The average molecular weight is 306 g/mol. The van der Waals surface area contributed by atoms with Gasteiger partial charge in [-0.05, 0) is 71.5 Å². The van der Waals surface area contributed by atoms with Crippen LogP contribution in [0.5, 0.6) is 0 Å². The number of nitrogens with zero attached hydrogens (tertiary/aromatic N) is 2. The second-order valence-corrected chi connectivity index (χ2v) is 5.54. The molecule has 94 valence electrons. The van der Waals surface area contributed by atoms with Gasteiger partial charge < -0.3 is 5.32 Å². The summed E-state index contributed by atoms with van der Waals surface area (Å²) in [6, 6.07) is 8.56. The van der Waals surface area contributed by atoms with Crippen LogP contribution in [0.15, 0.2) is 41.1 Å². The number of rotatable bonds is 2. The van der Waals surface area contributed by atoms with Gasteiger partial charge in [-0.15, -0.1) is 0 Å². The lowest BCUT2D eigenvalue weighted by Gasteiger charge is -2.23. The van der Waals surface area contributed by atoms with Crippen molar-refractivity contribution in [3.8, 4) is 5.69 Å². The van der Waals surface area contributed by atoms with E-state index in [-0.39, 0.29) is 0 Å². The molecule has 0 bridgehead atoms. The Kier molecular flexibility index (Phi) is 3.48. The molecule has 0 spiro atoms. The molecular weight excluding hydrogens is 290 g/mol. The normalized spacial score (nSPS) is 16.9. The van der Waals surface area contributed by atoms with Gasteiger partial charge in [0.25, 0.3) is 0 Å². The smallest absolute Gasteiger partial charge is 0.0787 e. The Balaban J connectivity index is 1.89. The minimum Gasteiger partial charge on any atom is -0.317 e. The lowest BCUT2D eigenvalue weighted by Crippen LogP contribution is -2.26. The molecule has 1 aromatic carbocycles. The van der Waals surface area contributed by atoms with Gasteiger partial charge in [-0.3, -0.25) is 0 Å². The molecule has 2 heterocycles. The van der Waals surface area contributed by atoms with Crippen molar-refractivity contribution in [2.24, 2.45) is 0 Å². The number of nitrogens with one attached hydrogen (secondary N) is 1. The minimum absolute atomic E-state index is 0.689. The van der Waals surface area contributed by atoms with Crippen molar-refractivity contribution in [3.63, 3.8) is 0 Å². The largest absolute Gasteiger partial charge is 0.317 e. The number of benzene rings is 1. The maximum absolute atomic E-state index is 4.27. The van der Waals surface area contributed by atoms with Crippen LogP contribution in [0.1, 0.15) is 24.3 Å². The summed E-state index contributed by atoms with van der Waals surface area (Å²) < 4.78 is 3.00. The Morgan fingerprint density at radius 1 is 1.28 bits per heavy atom. The Morgan fingerprint density at radius 3 is 2.78 bits per heavy atom. The van der Waals surface area contributed by atoms with Crippen LogP contribution in [0, 0.1) is 0 Å². The standard InChI is InChI=1S/C14H16BrN3/c15-13-10-12(11-4-7-16-8-5-11)2-3-14(13)18-9-1-6-17-18/h1-3,6,9-11,16H,4-5,7-8H2. The second-order valence-electron chi connectivity index (χ2n) is 4.69. The summed E-state index contributed by atoms with van der Waals surface area (Å²) in [6.45, 7) is 2.26. The van der Waals surface area contributed by atoms with E-state index < -0.39 is 0 Å². The highest BCUT2D eigenvalue weighted by molar-refractivity contribution is 9.10. The van der Waals surface area contributed by atoms with E-state index in [4.69, 9.17) is 0 Å². The van der Waals surface area contributed by atoms with Crippen molar-refractivity contribution in [2.45, 2.75) is 18.8 Å². The first-order valence-corrected chi connectivity index (χ1v) is 7.14. The third-order valence-corrected chi connectivity index (χ3v) is 4.17. The van der Waals surface area contributed by atoms with E-state index >= 15 is 0 Å². The van der Waals surface area contributed by atoms with Crippen LogP contribution in [-0.2, 0) is 0 Å². The molecule has 18 heavy (non-hydrogen) atoms. The monoisotopic (exact) mass is 305 g/mol. The molecule has 3 rings (SSSR count). The first kappa shape index (κ1) is 11.9. The molecule has 1 fully saturated rings. The number of hydrogen-bond donors (Lipinski definition) is 1. The lowest BCUT2D eigenvalue weighted by molar-refractivity contribution is 0.460. The van der Waals surface area contributed by atoms with Gasteiger partial charge in [-0.1, -0.05) is 6.07 Å². The van der Waals surface area contributed by atoms with Gasteiger partial charge >= 0.3 is 0 Å². The quantitative estimate of drug-likeness (QED) is 0.924. The highest BCUT2D eigenvalue weighted by Crippen LogP contribution is 2.30. The molecule has 1 N–H and O–H groups in total. The molecule has 3 nitrogen and oxygen atoms in total. The van der Waals surface area contributed by atoms with Crippen molar-refractivity contribution >= 4 is 15.9 Å². The van der Waals surface area contributed by atoms with Gasteiger partial charge in [0.1, 0.15) is 0 Å². The van der Waals surface area contributed by atoms with Gasteiger partial charge in [0.2, 0.25) is 0 Å². The van der Waals surface area contributed by atoms with Gasteiger partial charge in [0.05, 0.1) is 5.69 Å². The summed E-state index contributed by atoms with van der Waals surface area (Å²) in [5.74, 6) is 0.689. The molecule has 0 aliphatic carbocycles. The summed E-state index contributed by atoms with van der Waals surface area (Å²) in [5.41, 5.74) is 2.52. The van der Waals surface area contributed by atoms with Crippen LogP contribution in [0.2, 0.25) is 0 Å². The number of halogens is 1. The molecular formula is C14H16BrN3. The van der Waals surface area contributed by atoms with Crippen molar-refractivity contribution in [3.05, 3.63) is 46.7 Å². The summed E-state index contributed by atoms with van der Waals surface area (Å²) in [5, 5.41) is 7.67. The molecule has 0 amide bonds. The summed E-state index contributed by atoms with van der Waals surface area (Å²) in [4.78, 5) is 0. The minimum atomic E-state index is 0.689. The van der Waals surface area contributed by atoms with Gasteiger partial charge in [0, 0.05) is 16.9 Å². The fraction of sp³-hybridized carbons (Fsp3) is 0.357. The van der Waals surface area contributed by atoms with Crippen LogP contribution in [0.4, 0.5) is 0 Å². The van der Waals surface area contributed by atoms with E-state index in [2.05, 4.69) is 44.5 Å². The van der Waals surface area contributed by atoms with Gasteiger partial charge in [-0.2, -0.15) is 5.10 Å². The van der Waals surface area contributed by atoms with Crippen LogP contribution in [-0.4, -0.2) is 22.9 Å². The maximum atomic E-state index is 4.27. The van der Waals surface area contributed by atoms with Gasteiger partial charge in [0.15, 0.2) is 0 Å². The topological polar surface area (TPSA) is 29.9 Å². The lowest BCUT2D eigenvalue weighted by atomic mass is 9.90. The molecule has 0 atom stereocenters. The van der Waals surface area contributed by atoms with E-state index in [9.17, 15) is 0 Å². The molecule has 2 aromatic rings. The van der Waals surface area contributed by atoms with Gasteiger partial charge in [-0.25, -0.2) is 4.68 Å². The maximum Gasteiger partial charge on any atom is 0.0787 e. The summed E-state index contributed by atoms with van der Waals surface area (Å²) in [6.07, 6.45) is 6.22. The van der Waals surface area contributed by atoms with Crippen LogP contribution in [0.3, 0.4) is 0 Å². The molecule has 1 aliphatic rings. The first-order chi connectivity index (χ1) is 8.84. The second kappa shape index (κ2) is 5.24. The molecule has 1 saturated heterocycles. The van der Waals surface area contributed by atoms with E-state index in [1.54, 1.807) is 6.20 Å². The fourth-order valence-corrected chi connectivity index (χ4v) is 3.11. The summed E-state index contributed by atoms with van der Waals surface area (Å²) >= 11 is 3.66. The zero-order valence-electron chi connectivity index (χ0n) is 10.1. The zero-order chi connectivity index (χ0) is 12.4. The van der Waals surface area contributed by atoms with E-state index in [1.807, 2.05) is 16.9 Å². The Labute approximate surface area is 115 Å². The van der Waals surface area contributed by atoms with Crippen LogP contribution in [0.25, 0.3) is 5.69 Å². The molecule has 0 radical (unpaired) electrons. The Hall–Kier alpha value is -1.13. The SMILES string of the molecule is Brc1cc(C2CCNCC2)ccc1-n1cccn1. The van der Waals surface area contributed by atoms with Crippen LogP contribution >= 0.6 is 15.9 Å². The molecule has 0 saturated carbocycles. The van der Waals surface area contributed by atoms with Crippen LogP contribution < -0.4 is 5.32 Å². The Bertz CT molecular complexity index is 516. The number of aromatic nitrogens is 2. The highest BCUT2D eigenvalue weighted by atomic mass is 79.9. The predicted molar refractivity (Wildman–Crippen MR) is 76.1 cm³/mol. The zero-order valence-corrected chi connectivity index (χ0v) is 11.7. The van der Waals surface area contributed by atoms with E-state index in [1.165, 1.54) is 18.4 Å². The summed E-state index contributed by atoms with van der Waals surface area (Å²) in [7, 11) is 0. The third kappa shape index (κ3) is 2.35. The van der Waals surface area contributed by atoms with E-state index in [0.717, 1.165) is 23.2 Å². The molecule has 1 aliphatic heterocycles. The highest BCUT2D eigenvalue weighted by Gasteiger charge is 2.16. The third-order valence-electron chi connectivity index (χ3n) is 3.53. The first-order valence-electron chi connectivity index (χ1n) is 6.35. The van der Waals surface area contributed by atoms with Crippen molar-refractivity contribution < 1.29 is 0 Å². The predicted octanol–water partition coefficient (Wildman–Crippen LogP) is 3.10.